The second-order valence-electron chi connectivity index (χ2n) is 5.44. The van der Waals surface area contributed by atoms with Crippen molar-refractivity contribution in [2.24, 2.45) is 5.92 Å². The smallest absolute Gasteiger partial charge is 0.0388 e. The number of piperazine rings is 1. The molecule has 1 N–H and O–H groups in total. The molecule has 1 aromatic carbocycles. The number of nitrogens with one attached hydrogen (secondary N) is 1. The molecular weight excluding hydrogens is 359 g/mol. The van der Waals surface area contributed by atoms with Gasteiger partial charge in [-0.1, -0.05) is 40.5 Å². The fourth-order valence-electron chi connectivity index (χ4n) is 3.18. The average Bonchev–Trinajstić information content (AvgIpc) is 2.36. The highest BCUT2D eigenvalue weighted by atomic mass is 79.9. The molecule has 1 aliphatic carbocycles. The molecule has 114 valence electrons. The van der Waals surface area contributed by atoms with E-state index in [1.807, 2.05) is 0 Å². The molecule has 1 aliphatic heterocycles. The first-order valence-corrected chi connectivity index (χ1v) is 7.85. The predicted octanol–water partition coefficient (Wildman–Crippen LogP) is 4.04. The summed E-state index contributed by atoms with van der Waals surface area (Å²) in [6.07, 6.45) is 4.21. The second kappa shape index (κ2) is 8.60. The van der Waals surface area contributed by atoms with Crippen LogP contribution in [0.1, 0.15) is 30.9 Å². The normalized spacial score (nSPS) is 21.2. The summed E-state index contributed by atoms with van der Waals surface area (Å²) >= 11 is 3.74. The summed E-state index contributed by atoms with van der Waals surface area (Å²) in [6.45, 7) is 4.63. The third kappa shape index (κ3) is 3.89. The van der Waals surface area contributed by atoms with Crippen LogP contribution in [0, 0.1) is 5.92 Å². The van der Waals surface area contributed by atoms with Gasteiger partial charge in [-0.05, 0) is 30.4 Å². The zero-order valence-corrected chi connectivity index (χ0v) is 14.8. The van der Waals surface area contributed by atoms with Gasteiger partial charge in [0.15, 0.2) is 0 Å². The third-order valence-electron chi connectivity index (χ3n) is 4.37. The van der Waals surface area contributed by atoms with E-state index in [-0.39, 0.29) is 24.8 Å². The van der Waals surface area contributed by atoms with Gasteiger partial charge in [-0.15, -0.1) is 24.8 Å². The Kier molecular flexibility index (Phi) is 7.84. The maximum absolute atomic E-state index is 3.74. The molecular formula is C15H23BrCl2N2. The van der Waals surface area contributed by atoms with E-state index in [9.17, 15) is 0 Å². The molecule has 0 radical (unpaired) electrons. The summed E-state index contributed by atoms with van der Waals surface area (Å²) in [5.41, 5.74) is 1.49. The Bertz CT molecular complexity index is 407. The zero-order chi connectivity index (χ0) is 12.4. The SMILES string of the molecule is Brc1ccccc1[C@@H](C1CCC1)N1CCNCC1.Cl.Cl. The van der Waals surface area contributed by atoms with E-state index in [1.54, 1.807) is 0 Å². The van der Waals surface area contributed by atoms with Crippen LogP contribution in [0.15, 0.2) is 28.7 Å². The van der Waals surface area contributed by atoms with Crippen molar-refractivity contribution in [3.05, 3.63) is 34.3 Å². The van der Waals surface area contributed by atoms with Crippen LogP contribution in [-0.4, -0.2) is 31.1 Å². The van der Waals surface area contributed by atoms with Gasteiger partial charge in [0.25, 0.3) is 0 Å². The van der Waals surface area contributed by atoms with Crippen LogP contribution < -0.4 is 5.32 Å². The van der Waals surface area contributed by atoms with Crippen molar-refractivity contribution < 1.29 is 0 Å². The van der Waals surface area contributed by atoms with Gasteiger partial charge in [0.05, 0.1) is 0 Å². The maximum atomic E-state index is 3.74. The summed E-state index contributed by atoms with van der Waals surface area (Å²) in [7, 11) is 0. The Morgan fingerprint density at radius 1 is 1.10 bits per heavy atom. The van der Waals surface area contributed by atoms with Crippen molar-refractivity contribution in [1.82, 2.24) is 10.2 Å². The standard InChI is InChI=1S/C15H21BrN2.2ClH/c16-14-7-2-1-6-13(14)15(12-4-3-5-12)18-10-8-17-9-11-18;;/h1-2,6-7,12,15,17H,3-5,8-11H2;2*1H/t15-;;/m1../s1. The van der Waals surface area contributed by atoms with Gasteiger partial charge in [0.1, 0.15) is 0 Å². The molecule has 0 unspecified atom stereocenters. The molecule has 2 nitrogen and oxygen atoms in total. The Morgan fingerprint density at radius 3 is 2.30 bits per heavy atom. The van der Waals surface area contributed by atoms with Crippen LogP contribution in [0.3, 0.4) is 0 Å². The fourth-order valence-corrected chi connectivity index (χ4v) is 3.70. The van der Waals surface area contributed by atoms with Crippen LogP contribution in [0.4, 0.5) is 0 Å². The quantitative estimate of drug-likeness (QED) is 0.849. The molecule has 0 spiro atoms. The Labute approximate surface area is 142 Å². The third-order valence-corrected chi connectivity index (χ3v) is 5.09. The van der Waals surface area contributed by atoms with Gasteiger partial charge in [0, 0.05) is 36.7 Å². The summed E-state index contributed by atoms with van der Waals surface area (Å²) in [5.74, 6) is 0.863. The molecule has 0 amide bonds. The molecule has 1 heterocycles. The highest BCUT2D eigenvalue weighted by Gasteiger charge is 2.34. The summed E-state index contributed by atoms with van der Waals surface area (Å²) in [5, 5.41) is 3.46. The molecule has 1 saturated heterocycles. The second-order valence-corrected chi connectivity index (χ2v) is 6.30. The van der Waals surface area contributed by atoms with Crippen LogP contribution in [-0.2, 0) is 0 Å². The molecule has 1 saturated carbocycles. The first-order valence-electron chi connectivity index (χ1n) is 7.05. The first-order chi connectivity index (χ1) is 8.86. The lowest BCUT2D eigenvalue weighted by molar-refractivity contribution is 0.0832. The van der Waals surface area contributed by atoms with Crippen molar-refractivity contribution in [2.45, 2.75) is 25.3 Å². The van der Waals surface area contributed by atoms with E-state index in [2.05, 4.69) is 50.4 Å². The van der Waals surface area contributed by atoms with Crippen LogP contribution >= 0.6 is 40.7 Å². The number of nitrogens with zero attached hydrogens (tertiary/aromatic N) is 1. The van der Waals surface area contributed by atoms with Crippen molar-refractivity contribution in [3.63, 3.8) is 0 Å². The molecule has 1 aromatic rings. The Balaban J connectivity index is 0.000001000. The number of halogens is 3. The van der Waals surface area contributed by atoms with E-state index in [4.69, 9.17) is 0 Å². The van der Waals surface area contributed by atoms with Crippen molar-refractivity contribution in [2.75, 3.05) is 26.2 Å². The van der Waals surface area contributed by atoms with Crippen LogP contribution in [0.2, 0.25) is 0 Å². The van der Waals surface area contributed by atoms with Gasteiger partial charge in [0.2, 0.25) is 0 Å². The molecule has 1 atom stereocenters. The molecule has 0 aromatic heterocycles. The minimum Gasteiger partial charge on any atom is -0.314 e. The minimum absolute atomic E-state index is 0. The molecule has 0 bridgehead atoms. The van der Waals surface area contributed by atoms with E-state index < -0.39 is 0 Å². The lowest BCUT2D eigenvalue weighted by Crippen LogP contribution is -2.47. The van der Waals surface area contributed by atoms with E-state index in [0.29, 0.717) is 6.04 Å². The van der Waals surface area contributed by atoms with E-state index in [0.717, 1.165) is 19.0 Å². The average molecular weight is 382 g/mol. The largest absolute Gasteiger partial charge is 0.314 e. The van der Waals surface area contributed by atoms with Crippen molar-refractivity contribution in [1.29, 1.82) is 0 Å². The minimum atomic E-state index is 0. The number of benzene rings is 1. The Hall–Kier alpha value is 0.200. The summed E-state index contributed by atoms with van der Waals surface area (Å²) < 4.78 is 1.28. The molecule has 3 rings (SSSR count). The lowest BCUT2D eigenvalue weighted by Gasteiger charge is -2.43. The molecule has 2 fully saturated rings. The topological polar surface area (TPSA) is 15.3 Å². The maximum Gasteiger partial charge on any atom is 0.0388 e. The highest BCUT2D eigenvalue weighted by Crippen LogP contribution is 2.43. The zero-order valence-electron chi connectivity index (χ0n) is 11.6. The van der Waals surface area contributed by atoms with Crippen LogP contribution in [0.25, 0.3) is 0 Å². The van der Waals surface area contributed by atoms with Gasteiger partial charge < -0.3 is 5.32 Å². The summed E-state index contributed by atoms with van der Waals surface area (Å²) in [6, 6.07) is 9.39. The monoisotopic (exact) mass is 380 g/mol. The highest BCUT2D eigenvalue weighted by molar-refractivity contribution is 9.10. The van der Waals surface area contributed by atoms with Gasteiger partial charge >= 0.3 is 0 Å². The number of rotatable bonds is 3. The van der Waals surface area contributed by atoms with Gasteiger partial charge in [-0.25, -0.2) is 0 Å². The fraction of sp³-hybridized carbons (Fsp3) is 0.600. The first kappa shape index (κ1) is 18.2. The summed E-state index contributed by atoms with van der Waals surface area (Å²) in [4.78, 5) is 2.68. The lowest BCUT2D eigenvalue weighted by atomic mass is 9.76. The number of hydrogen-bond donors (Lipinski definition) is 1. The Morgan fingerprint density at radius 2 is 1.75 bits per heavy atom. The van der Waals surface area contributed by atoms with Gasteiger partial charge in [-0.2, -0.15) is 0 Å². The van der Waals surface area contributed by atoms with Crippen molar-refractivity contribution in [3.8, 4) is 0 Å². The predicted molar refractivity (Wildman–Crippen MR) is 93.2 cm³/mol. The molecule has 2 aliphatic rings. The van der Waals surface area contributed by atoms with E-state index >= 15 is 0 Å². The van der Waals surface area contributed by atoms with Crippen molar-refractivity contribution >= 4 is 40.7 Å². The van der Waals surface area contributed by atoms with Crippen LogP contribution in [0.5, 0.6) is 0 Å². The van der Waals surface area contributed by atoms with E-state index in [1.165, 1.54) is 42.4 Å². The number of hydrogen-bond acceptors (Lipinski definition) is 2. The molecule has 5 heteroatoms. The van der Waals surface area contributed by atoms with Gasteiger partial charge in [-0.3, -0.25) is 4.90 Å². The molecule has 20 heavy (non-hydrogen) atoms.